The van der Waals surface area contributed by atoms with Crippen molar-refractivity contribution in [2.24, 2.45) is 0 Å². The van der Waals surface area contributed by atoms with Gasteiger partial charge in [-0.15, -0.1) is 11.3 Å². The van der Waals surface area contributed by atoms with Crippen LogP contribution in [-0.2, 0) is 0 Å². The van der Waals surface area contributed by atoms with Gasteiger partial charge in [0.05, 0.1) is 39.0 Å². The third kappa shape index (κ3) is 3.96. The van der Waals surface area contributed by atoms with Gasteiger partial charge in [-0.2, -0.15) is 0 Å². The molecule has 4 aromatic heterocycles. The minimum Gasteiger partial charge on any atom is -0.312 e. The van der Waals surface area contributed by atoms with Crippen molar-refractivity contribution >= 4 is 92.1 Å². The van der Waals surface area contributed by atoms with Gasteiger partial charge in [0.25, 0.3) is 0 Å². The maximum Gasteiger partial charge on any atom is 0.0562 e. The number of fused-ring (bicyclic) bond motifs is 10. The summed E-state index contributed by atoms with van der Waals surface area (Å²) in [6.07, 6.45) is 4.46. The van der Waals surface area contributed by atoms with Crippen molar-refractivity contribution in [3.8, 4) is 17.1 Å². The molecule has 11 aromatic rings. The Hall–Kier alpha value is -6.36. The maximum atomic E-state index is 2.50. The second-order valence-electron chi connectivity index (χ2n) is 13.7. The molecular formula is C48H33N3S. The number of aromatic nitrogens is 3. The van der Waals surface area contributed by atoms with Gasteiger partial charge in [-0.1, -0.05) is 97.1 Å². The molecule has 0 fully saturated rings. The highest BCUT2D eigenvalue weighted by Gasteiger charge is 2.23. The Kier molecular flexibility index (Phi) is 6.25. The average molecular weight is 684 g/mol. The van der Waals surface area contributed by atoms with Crippen LogP contribution in [0.15, 0.2) is 158 Å². The van der Waals surface area contributed by atoms with Crippen LogP contribution in [0, 0.1) is 6.92 Å². The summed E-state index contributed by atoms with van der Waals surface area (Å²) in [6.45, 7) is 4.39. The molecule has 0 saturated carbocycles. The van der Waals surface area contributed by atoms with E-state index in [4.69, 9.17) is 0 Å². The van der Waals surface area contributed by atoms with Crippen LogP contribution in [0.2, 0.25) is 0 Å². The van der Waals surface area contributed by atoms with E-state index >= 15 is 0 Å². The molecule has 0 N–H and O–H groups in total. The lowest BCUT2D eigenvalue weighted by atomic mass is 10.1. The summed E-state index contributed by atoms with van der Waals surface area (Å²) in [5, 5.41) is 8.91. The molecule has 0 unspecified atom stereocenters. The fourth-order valence-electron chi connectivity index (χ4n) is 8.84. The molecule has 4 heterocycles. The molecule has 4 heteroatoms. The van der Waals surface area contributed by atoms with E-state index in [-0.39, 0.29) is 0 Å². The van der Waals surface area contributed by atoms with Crippen LogP contribution in [0.4, 0.5) is 0 Å². The molecule has 0 spiro atoms. The van der Waals surface area contributed by atoms with Crippen molar-refractivity contribution in [3.63, 3.8) is 0 Å². The number of benzene rings is 7. The van der Waals surface area contributed by atoms with Gasteiger partial charge < -0.3 is 13.7 Å². The summed E-state index contributed by atoms with van der Waals surface area (Å²) in [5.74, 6) is 0. The van der Waals surface area contributed by atoms with Gasteiger partial charge in [-0.05, 0) is 80.6 Å². The third-order valence-corrected chi connectivity index (χ3v) is 12.1. The molecule has 11 rings (SSSR count). The highest BCUT2D eigenvalue weighted by Crippen LogP contribution is 2.43. The third-order valence-electron chi connectivity index (χ3n) is 10.9. The van der Waals surface area contributed by atoms with Crippen LogP contribution in [0.1, 0.15) is 18.2 Å². The number of hydrogen-bond donors (Lipinski definition) is 0. The molecule has 0 aliphatic carbocycles. The Balaban J connectivity index is 1.23. The number of allylic oxidation sites excluding steroid dienone is 1. The van der Waals surface area contributed by atoms with Crippen LogP contribution >= 0.6 is 11.3 Å². The van der Waals surface area contributed by atoms with E-state index in [9.17, 15) is 0 Å². The largest absolute Gasteiger partial charge is 0.312 e. The molecular weight excluding hydrogens is 651 g/mol. The summed E-state index contributed by atoms with van der Waals surface area (Å²) in [5.41, 5.74) is 12.0. The van der Waals surface area contributed by atoms with Gasteiger partial charge >= 0.3 is 0 Å². The monoisotopic (exact) mass is 683 g/mol. The Morgan fingerprint density at radius 1 is 0.442 bits per heavy atom. The fourth-order valence-corrected chi connectivity index (χ4v) is 9.93. The van der Waals surface area contributed by atoms with Crippen molar-refractivity contribution < 1.29 is 0 Å². The van der Waals surface area contributed by atoms with E-state index in [1.165, 1.54) is 103 Å². The van der Waals surface area contributed by atoms with Crippen molar-refractivity contribution in [1.29, 1.82) is 0 Å². The topological polar surface area (TPSA) is 14.8 Å². The summed E-state index contributed by atoms with van der Waals surface area (Å²) < 4.78 is 10.1. The minimum absolute atomic E-state index is 1.18. The first-order valence-electron chi connectivity index (χ1n) is 17.9. The van der Waals surface area contributed by atoms with Gasteiger partial charge in [-0.25, -0.2) is 0 Å². The highest BCUT2D eigenvalue weighted by molar-refractivity contribution is 7.25. The molecule has 0 amide bonds. The number of hydrogen-bond acceptors (Lipinski definition) is 1. The van der Waals surface area contributed by atoms with E-state index < -0.39 is 0 Å². The summed E-state index contributed by atoms with van der Waals surface area (Å²) in [4.78, 5) is 0. The minimum atomic E-state index is 1.18. The Morgan fingerprint density at radius 2 is 0.981 bits per heavy atom. The van der Waals surface area contributed by atoms with Gasteiger partial charge in [0, 0.05) is 64.0 Å². The van der Waals surface area contributed by atoms with E-state index in [0.717, 1.165) is 0 Å². The van der Waals surface area contributed by atoms with Crippen molar-refractivity contribution in [2.45, 2.75) is 13.8 Å². The van der Waals surface area contributed by atoms with Gasteiger partial charge in [0.2, 0.25) is 0 Å². The second kappa shape index (κ2) is 11.1. The number of nitrogens with zero attached hydrogens (tertiary/aromatic N) is 3. The smallest absolute Gasteiger partial charge is 0.0562 e. The molecule has 0 aliphatic rings. The summed E-state index contributed by atoms with van der Waals surface area (Å²) in [7, 11) is 0. The molecule has 3 nitrogen and oxygen atoms in total. The molecule has 7 aromatic carbocycles. The fraction of sp³-hybridized carbons (Fsp3) is 0.0417. The van der Waals surface area contributed by atoms with Crippen molar-refractivity contribution in [1.82, 2.24) is 13.7 Å². The number of rotatable bonds is 4. The van der Waals surface area contributed by atoms with E-state index in [1.54, 1.807) is 0 Å². The normalized spacial score (nSPS) is 12.3. The second-order valence-corrected chi connectivity index (χ2v) is 14.8. The van der Waals surface area contributed by atoms with Crippen molar-refractivity contribution in [3.05, 3.63) is 169 Å². The average Bonchev–Trinajstić information content (AvgIpc) is 3.91. The zero-order chi connectivity index (χ0) is 34.5. The first kappa shape index (κ1) is 29.4. The lowest BCUT2D eigenvalue weighted by Gasteiger charge is -2.13. The molecule has 246 valence electrons. The number of para-hydroxylation sites is 3. The van der Waals surface area contributed by atoms with Crippen LogP contribution < -0.4 is 0 Å². The molecule has 0 saturated heterocycles. The van der Waals surface area contributed by atoms with E-state index in [2.05, 4.69) is 191 Å². The zero-order valence-electron chi connectivity index (χ0n) is 28.8. The van der Waals surface area contributed by atoms with E-state index in [0.29, 0.717) is 0 Å². The van der Waals surface area contributed by atoms with Crippen molar-refractivity contribution in [2.75, 3.05) is 0 Å². The standard InChI is InChI=1S/C48H33N3S/c1-3-14-32-30(2)49(41-22-13-25-44(47(32)41)51-38-19-8-4-15-33(38)34-16-5-9-20-39(34)51)42-23-12-24-43-48(42)36-18-6-10-21-40(36)50(43)31-27-28-46-37(29-31)35-17-7-11-26-45(35)52-46/h3-29H,1-2H3/b14-3-. The SMILES string of the molecule is C/C=C\c1c(C)n(-c2cccc3c2c2ccccc2n3-c2ccc3sc4ccccc4c3c2)c2cccc(-n3c4ccccc4c4ccccc43)c12. The zero-order valence-corrected chi connectivity index (χ0v) is 29.7. The van der Waals surface area contributed by atoms with Gasteiger partial charge in [0.15, 0.2) is 0 Å². The highest BCUT2D eigenvalue weighted by atomic mass is 32.1. The Bertz CT molecular complexity index is 3220. The Labute approximate surface area is 304 Å². The van der Waals surface area contributed by atoms with Gasteiger partial charge in [-0.3, -0.25) is 0 Å². The van der Waals surface area contributed by atoms with Crippen LogP contribution in [-0.4, -0.2) is 13.7 Å². The maximum absolute atomic E-state index is 2.50. The predicted octanol–water partition coefficient (Wildman–Crippen LogP) is 13.5. The van der Waals surface area contributed by atoms with Gasteiger partial charge in [0.1, 0.15) is 0 Å². The lowest BCUT2D eigenvalue weighted by molar-refractivity contribution is 1.06. The van der Waals surface area contributed by atoms with E-state index in [1.807, 2.05) is 11.3 Å². The molecule has 0 radical (unpaired) electrons. The van der Waals surface area contributed by atoms with Crippen LogP contribution in [0.5, 0.6) is 0 Å². The first-order valence-corrected chi connectivity index (χ1v) is 18.7. The van der Waals surface area contributed by atoms with Crippen LogP contribution in [0.3, 0.4) is 0 Å². The summed E-state index contributed by atoms with van der Waals surface area (Å²) >= 11 is 1.86. The quantitative estimate of drug-likeness (QED) is 0.175. The Morgan fingerprint density at radius 3 is 1.67 bits per heavy atom. The first-order chi connectivity index (χ1) is 25.7. The summed E-state index contributed by atoms with van der Waals surface area (Å²) in [6, 6.07) is 55.8. The molecule has 52 heavy (non-hydrogen) atoms. The lowest BCUT2D eigenvalue weighted by Crippen LogP contribution is -1.99. The van der Waals surface area contributed by atoms with Crippen LogP contribution in [0.25, 0.3) is 97.8 Å². The molecule has 0 atom stereocenters. The molecule has 0 bridgehead atoms. The predicted molar refractivity (Wildman–Crippen MR) is 224 cm³/mol. The number of thiophene rings is 1. The molecule has 0 aliphatic heterocycles.